The Balaban J connectivity index is 3.33. The Morgan fingerprint density at radius 2 is 2.21 bits per heavy atom. The highest BCUT2D eigenvalue weighted by Crippen LogP contribution is 2.20. The van der Waals surface area contributed by atoms with Crippen molar-refractivity contribution in [2.75, 3.05) is 12.8 Å². The van der Waals surface area contributed by atoms with E-state index in [1.165, 1.54) is 7.05 Å². The SMILES string of the molecule is CNC(=O)c1ccc(C#N)c(C)c1N. The summed E-state index contributed by atoms with van der Waals surface area (Å²) in [5, 5.41) is 11.2. The maximum absolute atomic E-state index is 11.3. The molecule has 0 aliphatic carbocycles. The van der Waals surface area contributed by atoms with Crippen LogP contribution in [0.25, 0.3) is 0 Å². The molecule has 0 radical (unpaired) electrons. The Kier molecular flexibility index (Phi) is 2.73. The first-order valence-electron chi connectivity index (χ1n) is 4.13. The van der Waals surface area contributed by atoms with E-state index in [4.69, 9.17) is 11.0 Å². The second-order valence-corrected chi connectivity index (χ2v) is 2.89. The lowest BCUT2D eigenvalue weighted by Gasteiger charge is -2.07. The van der Waals surface area contributed by atoms with Crippen LogP contribution in [0, 0.1) is 18.3 Å². The number of nitrogens with zero attached hydrogens (tertiary/aromatic N) is 1. The standard InChI is InChI=1S/C10H11N3O/c1-6-7(5-11)3-4-8(9(6)12)10(14)13-2/h3-4H,12H2,1-2H3,(H,13,14). The van der Waals surface area contributed by atoms with Crippen molar-refractivity contribution in [2.45, 2.75) is 6.92 Å². The lowest BCUT2D eigenvalue weighted by Crippen LogP contribution is -2.19. The van der Waals surface area contributed by atoms with E-state index in [0.29, 0.717) is 22.4 Å². The number of amides is 1. The molecule has 3 N–H and O–H groups in total. The molecule has 0 aliphatic heterocycles. The van der Waals surface area contributed by atoms with Crippen LogP contribution < -0.4 is 11.1 Å². The highest BCUT2D eigenvalue weighted by atomic mass is 16.1. The molecule has 4 heteroatoms. The van der Waals surface area contributed by atoms with Gasteiger partial charge in [0.15, 0.2) is 0 Å². The van der Waals surface area contributed by atoms with E-state index in [9.17, 15) is 4.79 Å². The van der Waals surface area contributed by atoms with E-state index in [2.05, 4.69) is 5.32 Å². The third kappa shape index (κ3) is 1.52. The Morgan fingerprint density at radius 1 is 1.57 bits per heavy atom. The molecule has 1 aromatic rings. The molecule has 0 heterocycles. The largest absolute Gasteiger partial charge is 0.398 e. The first-order valence-corrected chi connectivity index (χ1v) is 4.13. The summed E-state index contributed by atoms with van der Waals surface area (Å²) in [4.78, 5) is 11.3. The number of hydrogen-bond acceptors (Lipinski definition) is 3. The van der Waals surface area contributed by atoms with E-state index in [1.807, 2.05) is 6.07 Å². The smallest absolute Gasteiger partial charge is 0.253 e. The number of anilines is 1. The van der Waals surface area contributed by atoms with Crippen LogP contribution in [-0.4, -0.2) is 13.0 Å². The third-order valence-corrected chi connectivity index (χ3v) is 2.11. The number of hydrogen-bond donors (Lipinski definition) is 2. The Morgan fingerprint density at radius 3 is 2.71 bits per heavy atom. The maximum atomic E-state index is 11.3. The number of nitriles is 1. The zero-order valence-corrected chi connectivity index (χ0v) is 8.09. The predicted octanol–water partition coefficient (Wildman–Crippen LogP) is 0.808. The van der Waals surface area contributed by atoms with Crippen molar-refractivity contribution in [3.05, 3.63) is 28.8 Å². The molecule has 72 valence electrons. The zero-order valence-electron chi connectivity index (χ0n) is 8.09. The van der Waals surface area contributed by atoms with E-state index < -0.39 is 0 Å². The number of benzene rings is 1. The normalized spacial score (nSPS) is 9.21. The predicted molar refractivity (Wildman–Crippen MR) is 53.7 cm³/mol. The molecular weight excluding hydrogens is 178 g/mol. The molecule has 1 rings (SSSR count). The Hall–Kier alpha value is -2.02. The second-order valence-electron chi connectivity index (χ2n) is 2.89. The Labute approximate surface area is 82.3 Å². The minimum Gasteiger partial charge on any atom is -0.398 e. The minimum absolute atomic E-state index is 0.241. The molecule has 0 aliphatic rings. The van der Waals surface area contributed by atoms with E-state index in [0.717, 1.165) is 0 Å². The van der Waals surface area contributed by atoms with Crippen molar-refractivity contribution in [3.63, 3.8) is 0 Å². The highest BCUT2D eigenvalue weighted by molar-refractivity contribution is 5.99. The van der Waals surface area contributed by atoms with Gasteiger partial charge in [0.05, 0.1) is 17.2 Å². The number of carbonyl (C=O) groups is 1. The van der Waals surface area contributed by atoms with Gasteiger partial charge in [-0.3, -0.25) is 4.79 Å². The molecule has 0 fully saturated rings. The Bertz CT molecular complexity index is 418. The molecule has 1 amide bonds. The summed E-state index contributed by atoms with van der Waals surface area (Å²) in [7, 11) is 1.54. The topological polar surface area (TPSA) is 78.9 Å². The van der Waals surface area contributed by atoms with Gasteiger partial charge < -0.3 is 11.1 Å². The highest BCUT2D eigenvalue weighted by Gasteiger charge is 2.11. The van der Waals surface area contributed by atoms with Gasteiger partial charge in [-0.05, 0) is 24.6 Å². The van der Waals surface area contributed by atoms with Crippen LogP contribution in [0.5, 0.6) is 0 Å². The first kappa shape index (κ1) is 10.1. The molecular formula is C10H11N3O. The van der Waals surface area contributed by atoms with Crippen molar-refractivity contribution < 1.29 is 4.79 Å². The number of nitrogens with one attached hydrogen (secondary N) is 1. The van der Waals surface area contributed by atoms with Crippen LogP contribution in [0.4, 0.5) is 5.69 Å². The van der Waals surface area contributed by atoms with Crippen LogP contribution in [0.1, 0.15) is 21.5 Å². The fourth-order valence-electron chi connectivity index (χ4n) is 1.18. The second kappa shape index (κ2) is 3.79. The lowest BCUT2D eigenvalue weighted by atomic mass is 10.0. The van der Waals surface area contributed by atoms with Crippen LogP contribution in [0.2, 0.25) is 0 Å². The van der Waals surface area contributed by atoms with Gasteiger partial charge in [0, 0.05) is 12.7 Å². The summed E-state index contributed by atoms with van der Waals surface area (Å²) >= 11 is 0. The summed E-state index contributed by atoms with van der Waals surface area (Å²) < 4.78 is 0. The summed E-state index contributed by atoms with van der Waals surface area (Å²) in [5.41, 5.74) is 7.64. The van der Waals surface area contributed by atoms with Gasteiger partial charge >= 0.3 is 0 Å². The van der Waals surface area contributed by atoms with Gasteiger partial charge in [-0.15, -0.1) is 0 Å². The number of carbonyl (C=O) groups excluding carboxylic acids is 1. The summed E-state index contributed by atoms with van der Waals surface area (Å²) in [6, 6.07) is 5.16. The number of rotatable bonds is 1. The van der Waals surface area contributed by atoms with Gasteiger partial charge in [0.1, 0.15) is 0 Å². The molecule has 0 saturated heterocycles. The minimum atomic E-state index is -0.241. The summed E-state index contributed by atoms with van der Waals surface area (Å²) in [6.45, 7) is 1.72. The molecule has 1 aromatic carbocycles. The first-order chi connectivity index (χ1) is 6.61. The van der Waals surface area contributed by atoms with Gasteiger partial charge in [-0.1, -0.05) is 0 Å². The van der Waals surface area contributed by atoms with Crippen molar-refractivity contribution >= 4 is 11.6 Å². The van der Waals surface area contributed by atoms with E-state index in [-0.39, 0.29) is 5.91 Å². The van der Waals surface area contributed by atoms with Crippen LogP contribution in [0.3, 0.4) is 0 Å². The molecule has 0 bridgehead atoms. The third-order valence-electron chi connectivity index (χ3n) is 2.11. The van der Waals surface area contributed by atoms with Crippen LogP contribution in [0.15, 0.2) is 12.1 Å². The van der Waals surface area contributed by atoms with Gasteiger partial charge in [0.25, 0.3) is 5.91 Å². The maximum Gasteiger partial charge on any atom is 0.253 e. The van der Waals surface area contributed by atoms with E-state index in [1.54, 1.807) is 19.1 Å². The van der Waals surface area contributed by atoms with Crippen LogP contribution >= 0.6 is 0 Å². The molecule has 0 spiro atoms. The average Bonchev–Trinajstić information content (AvgIpc) is 2.21. The van der Waals surface area contributed by atoms with Gasteiger partial charge in [-0.25, -0.2) is 0 Å². The van der Waals surface area contributed by atoms with Crippen molar-refractivity contribution in [1.29, 1.82) is 5.26 Å². The van der Waals surface area contributed by atoms with Gasteiger partial charge in [0.2, 0.25) is 0 Å². The number of nitrogen functional groups attached to an aromatic ring is 1. The monoisotopic (exact) mass is 189 g/mol. The fraction of sp³-hybridized carbons (Fsp3) is 0.200. The quantitative estimate of drug-likeness (QED) is 0.641. The van der Waals surface area contributed by atoms with Crippen molar-refractivity contribution in [1.82, 2.24) is 5.32 Å². The molecule has 0 saturated carbocycles. The molecule has 0 atom stereocenters. The number of nitrogens with two attached hydrogens (primary N) is 1. The lowest BCUT2D eigenvalue weighted by molar-refractivity contribution is 0.0964. The fourth-order valence-corrected chi connectivity index (χ4v) is 1.18. The van der Waals surface area contributed by atoms with Crippen molar-refractivity contribution in [3.8, 4) is 6.07 Å². The van der Waals surface area contributed by atoms with Crippen LogP contribution in [-0.2, 0) is 0 Å². The molecule has 0 unspecified atom stereocenters. The zero-order chi connectivity index (χ0) is 10.7. The average molecular weight is 189 g/mol. The molecule has 14 heavy (non-hydrogen) atoms. The molecule has 0 aromatic heterocycles. The summed E-state index contributed by atoms with van der Waals surface area (Å²) in [6.07, 6.45) is 0. The van der Waals surface area contributed by atoms with Crippen molar-refractivity contribution in [2.24, 2.45) is 0 Å². The van der Waals surface area contributed by atoms with E-state index >= 15 is 0 Å². The molecule has 4 nitrogen and oxygen atoms in total. The summed E-state index contributed by atoms with van der Waals surface area (Å²) in [5.74, 6) is -0.241. The van der Waals surface area contributed by atoms with Gasteiger partial charge in [-0.2, -0.15) is 5.26 Å².